The Morgan fingerprint density at radius 1 is 1.11 bits per heavy atom. The third kappa shape index (κ3) is 3.64. The number of ether oxygens (including phenoxy) is 1. The van der Waals surface area contributed by atoms with E-state index in [-0.39, 0.29) is 5.56 Å². The van der Waals surface area contributed by atoms with Crippen LogP contribution in [0.3, 0.4) is 0 Å². The summed E-state index contributed by atoms with van der Waals surface area (Å²) in [6.45, 7) is 1.01. The molecule has 100 valence electrons. The van der Waals surface area contributed by atoms with Crippen molar-refractivity contribution in [1.82, 2.24) is 0 Å². The summed E-state index contributed by atoms with van der Waals surface area (Å²) in [4.78, 5) is 10.9. The number of halogens is 6. The lowest BCUT2D eigenvalue weighted by Crippen LogP contribution is -2.20. The zero-order chi connectivity index (χ0) is 14.1. The number of carbonyl (C=O) groups excluding carboxylic acids is 1. The van der Waals surface area contributed by atoms with E-state index in [1.165, 1.54) is 0 Å². The van der Waals surface area contributed by atoms with E-state index in [2.05, 4.69) is 4.74 Å². The molecule has 0 aliphatic carbocycles. The van der Waals surface area contributed by atoms with Crippen molar-refractivity contribution >= 4 is 5.78 Å². The Morgan fingerprint density at radius 2 is 1.67 bits per heavy atom. The Bertz CT molecular complexity index is 460. The van der Waals surface area contributed by atoms with Crippen molar-refractivity contribution in [3.63, 3.8) is 0 Å². The number of hydrogen-bond donors (Lipinski definition) is 0. The Kier molecular flexibility index (Phi) is 3.59. The van der Waals surface area contributed by atoms with E-state index >= 15 is 0 Å². The maximum absolute atomic E-state index is 12.4. The highest BCUT2D eigenvalue weighted by atomic mass is 19.4. The van der Waals surface area contributed by atoms with Crippen molar-refractivity contribution in [2.75, 3.05) is 0 Å². The molecule has 0 aromatic heterocycles. The molecule has 18 heavy (non-hydrogen) atoms. The number of alkyl halides is 6. The topological polar surface area (TPSA) is 26.3 Å². The van der Waals surface area contributed by atoms with Gasteiger partial charge in [-0.2, -0.15) is 13.2 Å². The molecule has 0 heterocycles. The zero-order valence-corrected chi connectivity index (χ0v) is 8.82. The molecule has 0 atom stereocenters. The van der Waals surface area contributed by atoms with Crippen LogP contribution in [0.2, 0.25) is 0 Å². The lowest BCUT2D eigenvalue weighted by molar-refractivity contribution is -0.276. The molecule has 0 bridgehead atoms. The van der Waals surface area contributed by atoms with Gasteiger partial charge in [-0.1, -0.05) is 6.07 Å². The van der Waals surface area contributed by atoms with Crippen molar-refractivity contribution in [2.45, 2.75) is 19.5 Å². The Hall–Kier alpha value is -1.73. The SMILES string of the molecule is CC(=O)c1ccc(C(F)(F)F)c(OC(F)(F)F)c1. The number of rotatable bonds is 2. The predicted molar refractivity (Wildman–Crippen MR) is 48.1 cm³/mol. The first-order chi connectivity index (χ1) is 8.00. The summed E-state index contributed by atoms with van der Waals surface area (Å²) < 4.78 is 76.5. The van der Waals surface area contributed by atoms with Gasteiger partial charge in [0.15, 0.2) is 5.78 Å². The van der Waals surface area contributed by atoms with Crippen LogP contribution in [-0.2, 0) is 6.18 Å². The standard InChI is InChI=1S/C10H6F6O2/c1-5(17)6-2-3-7(9(11,12)13)8(4-6)18-10(14,15)16/h2-4H,1H3. The molecule has 0 N–H and O–H groups in total. The van der Waals surface area contributed by atoms with Gasteiger partial charge in [-0.05, 0) is 19.1 Å². The summed E-state index contributed by atoms with van der Waals surface area (Å²) in [6.07, 6.45) is -10.3. The minimum Gasteiger partial charge on any atom is -0.405 e. The number of Topliss-reactive ketones (excluding diaryl/α,β-unsaturated/α-hetero) is 1. The van der Waals surface area contributed by atoms with Crippen LogP contribution >= 0.6 is 0 Å². The molecule has 0 amide bonds. The lowest BCUT2D eigenvalue weighted by Gasteiger charge is -2.15. The molecule has 0 aliphatic heterocycles. The van der Waals surface area contributed by atoms with E-state index in [4.69, 9.17) is 0 Å². The normalized spacial score (nSPS) is 12.4. The molecule has 0 saturated heterocycles. The van der Waals surface area contributed by atoms with Crippen LogP contribution in [0.5, 0.6) is 5.75 Å². The van der Waals surface area contributed by atoms with Gasteiger partial charge in [-0.25, -0.2) is 0 Å². The van der Waals surface area contributed by atoms with Gasteiger partial charge in [-0.15, -0.1) is 13.2 Å². The van der Waals surface area contributed by atoms with Crippen LogP contribution < -0.4 is 4.74 Å². The van der Waals surface area contributed by atoms with E-state index in [0.717, 1.165) is 13.0 Å². The van der Waals surface area contributed by atoms with Crippen LogP contribution in [0.15, 0.2) is 18.2 Å². The van der Waals surface area contributed by atoms with E-state index in [1.807, 2.05) is 0 Å². The maximum Gasteiger partial charge on any atom is 0.573 e. The molecular formula is C10H6F6O2. The third-order valence-corrected chi connectivity index (χ3v) is 1.92. The minimum absolute atomic E-state index is 0.303. The van der Waals surface area contributed by atoms with Gasteiger partial charge in [0.25, 0.3) is 0 Å². The van der Waals surface area contributed by atoms with E-state index in [1.54, 1.807) is 0 Å². The summed E-state index contributed by atoms with van der Waals surface area (Å²) in [6, 6.07) is 1.57. The second-order valence-electron chi connectivity index (χ2n) is 3.31. The van der Waals surface area contributed by atoms with Gasteiger partial charge in [0.05, 0.1) is 5.56 Å². The first-order valence-corrected chi connectivity index (χ1v) is 4.48. The number of ketones is 1. The minimum atomic E-state index is -5.27. The molecule has 1 aromatic carbocycles. The first kappa shape index (κ1) is 14.3. The maximum atomic E-state index is 12.4. The monoisotopic (exact) mass is 272 g/mol. The number of hydrogen-bond acceptors (Lipinski definition) is 2. The Balaban J connectivity index is 3.32. The van der Waals surface area contributed by atoms with E-state index in [9.17, 15) is 31.1 Å². The number of carbonyl (C=O) groups is 1. The molecule has 1 aromatic rings. The van der Waals surface area contributed by atoms with Crippen molar-refractivity contribution in [2.24, 2.45) is 0 Å². The van der Waals surface area contributed by atoms with Gasteiger partial charge in [-0.3, -0.25) is 4.79 Å². The lowest BCUT2D eigenvalue weighted by atomic mass is 10.1. The van der Waals surface area contributed by atoms with Crippen molar-refractivity contribution < 1.29 is 35.9 Å². The summed E-state index contributed by atoms with van der Waals surface area (Å²) in [5, 5.41) is 0. The van der Waals surface area contributed by atoms with Gasteiger partial charge in [0.2, 0.25) is 0 Å². The Morgan fingerprint density at radius 3 is 2.06 bits per heavy atom. The quantitative estimate of drug-likeness (QED) is 0.604. The van der Waals surface area contributed by atoms with Gasteiger partial charge in [0, 0.05) is 5.56 Å². The van der Waals surface area contributed by atoms with E-state index < -0.39 is 29.6 Å². The molecule has 0 saturated carbocycles. The van der Waals surface area contributed by atoms with Crippen LogP contribution in [0.1, 0.15) is 22.8 Å². The fraction of sp³-hybridized carbons (Fsp3) is 0.300. The fourth-order valence-corrected chi connectivity index (χ4v) is 1.18. The molecular weight excluding hydrogens is 266 g/mol. The molecule has 1 rings (SSSR count). The highest BCUT2D eigenvalue weighted by molar-refractivity contribution is 5.94. The highest BCUT2D eigenvalue weighted by Crippen LogP contribution is 2.38. The second kappa shape index (κ2) is 4.51. The summed E-state index contributed by atoms with van der Waals surface area (Å²) in [7, 11) is 0. The summed E-state index contributed by atoms with van der Waals surface area (Å²) >= 11 is 0. The summed E-state index contributed by atoms with van der Waals surface area (Å²) in [5.74, 6) is -2.11. The van der Waals surface area contributed by atoms with Crippen LogP contribution in [0, 0.1) is 0 Å². The smallest absolute Gasteiger partial charge is 0.405 e. The summed E-state index contributed by atoms with van der Waals surface area (Å²) in [5.41, 5.74) is -1.90. The van der Waals surface area contributed by atoms with E-state index in [0.29, 0.717) is 12.1 Å². The molecule has 2 nitrogen and oxygen atoms in total. The van der Waals surface area contributed by atoms with Crippen molar-refractivity contribution in [3.8, 4) is 5.75 Å². The molecule has 0 unspecified atom stereocenters. The second-order valence-corrected chi connectivity index (χ2v) is 3.31. The van der Waals surface area contributed by atoms with Crippen LogP contribution in [0.4, 0.5) is 26.3 Å². The van der Waals surface area contributed by atoms with Crippen LogP contribution in [-0.4, -0.2) is 12.1 Å². The van der Waals surface area contributed by atoms with Gasteiger partial charge in [0.1, 0.15) is 5.75 Å². The molecule has 0 fully saturated rings. The number of benzene rings is 1. The van der Waals surface area contributed by atoms with Gasteiger partial charge < -0.3 is 4.74 Å². The molecule has 0 aliphatic rings. The average Bonchev–Trinajstić information content (AvgIpc) is 2.12. The van der Waals surface area contributed by atoms with Crippen molar-refractivity contribution in [3.05, 3.63) is 29.3 Å². The predicted octanol–water partition coefficient (Wildman–Crippen LogP) is 3.81. The van der Waals surface area contributed by atoms with Gasteiger partial charge >= 0.3 is 12.5 Å². The first-order valence-electron chi connectivity index (χ1n) is 4.48. The largest absolute Gasteiger partial charge is 0.573 e. The van der Waals surface area contributed by atoms with Crippen molar-refractivity contribution in [1.29, 1.82) is 0 Å². The Labute approximate surface area is 97.2 Å². The highest BCUT2D eigenvalue weighted by Gasteiger charge is 2.39. The average molecular weight is 272 g/mol. The third-order valence-electron chi connectivity index (χ3n) is 1.92. The van der Waals surface area contributed by atoms with Crippen LogP contribution in [0.25, 0.3) is 0 Å². The fourth-order valence-electron chi connectivity index (χ4n) is 1.18. The molecule has 0 radical (unpaired) electrons. The molecule has 8 heteroatoms. The molecule has 0 spiro atoms. The zero-order valence-electron chi connectivity index (χ0n) is 8.82.